The van der Waals surface area contributed by atoms with Gasteiger partial charge in [0.15, 0.2) is 12.8 Å². The third-order valence-electron chi connectivity index (χ3n) is 3.56. The molecule has 1 heterocycles. The van der Waals surface area contributed by atoms with Gasteiger partial charge < -0.3 is 15.3 Å². The van der Waals surface area contributed by atoms with E-state index < -0.39 is 18.5 Å². The fraction of sp³-hybridized carbons (Fsp3) is 0.0500. The Morgan fingerprint density at radius 3 is 2.21 bits per heavy atom. The van der Waals surface area contributed by atoms with Crippen LogP contribution in [0.5, 0.6) is 0 Å². The van der Waals surface area contributed by atoms with Crippen molar-refractivity contribution in [2.24, 2.45) is 10.2 Å². The number of esters is 1. The lowest BCUT2D eigenvalue weighted by Gasteiger charge is -2.07. The molecule has 0 radical (unpaired) electrons. The molecule has 1 amide bonds. The molecule has 8 nitrogen and oxygen atoms in total. The fourth-order valence-corrected chi connectivity index (χ4v) is 2.21. The standard InChI is InChI=1S/C20H16N4O4/c25-19(14-28-20(26)18-8-4-5-13-24(18)27)21-15-9-11-17(12-10-15)23-22-16-6-2-1-3-7-16/h1-13H,14H2,(H,21,25). The maximum atomic E-state index is 11.9. The third kappa shape index (κ3) is 5.21. The van der Waals surface area contributed by atoms with Crippen molar-refractivity contribution in [1.82, 2.24) is 0 Å². The molecule has 0 fully saturated rings. The molecule has 0 spiro atoms. The van der Waals surface area contributed by atoms with Gasteiger partial charge >= 0.3 is 11.7 Å². The first-order valence-corrected chi connectivity index (χ1v) is 8.34. The van der Waals surface area contributed by atoms with Gasteiger partial charge in [-0.1, -0.05) is 18.2 Å². The molecule has 1 aromatic heterocycles. The van der Waals surface area contributed by atoms with Crippen molar-refractivity contribution in [3.63, 3.8) is 0 Å². The largest absolute Gasteiger partial charge is 0.618 e. The molecule has 3 aromatic rings. The number of carbonyl (C=O) groups is 2. The monoisotopic (exact) mass is 376 g/mol. The topological polar surface area (TPSA) is 107 Å². The molecule has 0 aliphatic carbocycles. The first-order valence-electron chi connectivity index (χ1n) is 8.34. The average Bonchev–Trinajstić information content (AvgIpc) is 2.72. The van der Waals surface area contributed by atoms with E-state index in [2.05, 4.69) is 15.5 Å². The van der Waals surface area contributed by atoms with Crippen LogP contribution in [0.15, 0.2) is 89.2 Å². The van der Waals surface area contributed by atoms with E-state index in [1.54, 1.807) is 24.3 Å². The zero-order valence-corrected chi connectivity index (χ0v) is 14.7. The van der Waals surface area contributed by atoms with Gasteiger partial charge in [0.2, 0.25) is 0 Å². The minimum Gasteiger partial charge on any atom is -0.618 e. The summed E-state index contributed by atoms with van der Waals surface area (Å²) in [7, 11) is 0. The molecule has 140 valence electrons. The number of hydrogen-bond acceptors (Lipinski definition) is 6. The molecular formula is C20H16N4O4. The molecule has 0 aliphatic heterocycles. The van der Waals surface area contributed by atoms with Crippen molar-refractivity contribution < 1.29 is 19.1 Å². The van der Waals surface area contributed by atoms with Gasteiger partial charge in [-0.15, -0.1) is 0 Å². The number of carbonyl (C=O) groups excluding carboxylic acids is 2. The van der Waals surface area contributed by atoms with E-state index in [4.69, 9.17) is 4.74 Å². The zero-order valence-electron chi connectivity index (χ0n) is 14.7. The molecule has 0 atom stereocenters. The minimum atomic E-state index is -0.873. The minimum absolute atomic E-state index is 0.191. The summed E-state index contributed by atoms with van der Waals surface area (Å²) in [5.74, 6) is -1.40. The predicted octanol–water partition coefficient (Wildman–Crippen LogP) is 3.53. The lowest BCUT2D eigenvalue weighted by atomic mass is 10.3. The summed E-state index contributed by atoms with van der Waals surface area (Å²) in [6.45, 7) is -0.511. The van der Waals surface area contributed by atoms with Gasteiger partial charge in [-0.2, -0.15) is 15.0 Å². The Morgan fingerprint density at radius 1 is 0.893 bits per heavy atom. The lowest BCUT2D eigenvalue weighted by molar-refractivity contribution is -0.608. The Labute approximate surface area is 160 Å². The lowest BCUT2D eigenvalue weighted by Crippen LogP contribution is -2.35. The second-order valence-corrected chi connectivity index (χ2v) is 5.62. The van der Waals surface area contributed by atoms with Crippen LogP contribution >= 0.6 is 0 Å². The Kier molecular flexibility index (Phi) is 6.04. The van der Waals surface area contributed by atoms with Crippen molar-refractivity contribution in [1.29, 1.82) is 0 Å². The Hall–Kier alpha value is -4.07. The SMILES string of the molecule is O=C(COC(=O)c1cccc[n+]1[O-])Nc1ccc(N=Nc2ccccc2)cc1. The van der Waals surface area contributed by atoms with Gasteiger partial charge in [-0.25, -0.2) is 4.79 Å². The van der Waals surface area contributed by atoms with Crippen LogP contribution in [-0.4, -0.2) is 18.5 Å². The van der Waals surface area contributed by atoms with E-state index in [9.17, 15) is 14.8 Å². The van der Waals surface area contributed by atoms with Crippen LogP contribution in [-0.2, 0) is 9.53 Å². The van der Waals surface area contributed by atoms with Gasteiger partial charge in [0, 0.05) is 17.8 Å². The van der Waals surface area contributed by atoms with Gasteiger partial charge in [0.1, 0.15) is 0 Å². The summed E-state index contributed by atoms with van der Waals surface area (Å²) in [6.07, 6.45) is 1.17. The van der Waals surface area contributed by atoms with E-state index in [0.717, 1.165) is 5.69 Å². The molecular weight excluding hydrogens is 360 g/mol. The average molecular weight is 376 g/mol. The Morgan fingerprint density at radius 2 is 1.54 bits per heavy atom. The van der Waals surface area contributed by atoms with E-state index >= 15 is 0 Å². The van der Waals surface area contributed by atoms with Crippen molar-refractivity contribution in [3.8, 4) is 0 Å². The summed E-state index contributed by atoms with van der Waals surface area (Å²) >= 11 is 0. The summed E-state index contributed by atoms with van der Waals surface area (Å²) in [5, 5.41) is 22.3. The molecule has 1 N–H and O–H groups in total. The molecule has 8 heteroatoms. The first-order chi connectivity index (χ1) is 13.6. The predicted molar refractivity (Wildman–Crippen MR) is 101 cm³/mol. The van der Waals surface area contributed by atoms with Crippen molar-refractivity contribution >= 4 is 28.9 Å². The van der Waals surface area contributed by atoms with Gasteiger partial charge in [-0.05, 0) is 42.5 Å². The van der Waals surface area contributed by atoms with E-state index in [1.807, 2.05) is 30.3 Å². The highest BCUT2D eigenvalue weighted by Gasteiger charge is 2.18. The number of azo groups is 1. The normalized spacial score (nSPS) is 10.6. The number of pyridine rings is 1. The second kappa shape index (κ2) is 9.04. The van der Waals surface area contributed by atoms with Crippen molar-refractivity contribution in [3.05, 3.63) is 89.9 Å². The molecule has 0 saturated carbocycles. The number of rotatable bonds is 6. The van der Waals surface area contributed by atoms with Gasteiger partial charge in [0.25, 0.3) is 5.91 Å². The highest BCUT2D eigenvalue weighted by Crippen LogP contribution is 2.20. The smallest absolute Gasteiger partial charge is 0.405 e. The number of benzene rings is 2. The second-order valence-electron chi connectivity index (χ2n) is 5.62. The maximum absolute atomic E-state index is 11.9. The molecule has 28 heavy (non-hydrogen) atoms. The van der Waals surface area contributed by atoms with E-state index in [1.165, 1.54) is 24.4 Å². The third-order valence-corrected chi connectivity index (χ3v) is 3.56. The van der Waals surface area contributed by atoms with Gasteiger partial charge in [-0.3, -0.25) is 4.79 Å². The number of nitrogens with zero attached hydrogens (tertiary/aromatic N) is 3. The highest BCUT2D eigenvalue weighted by atomic mass is 16.5. The van der Waals surface area contributed by atoms with Crippen molar-refractivity contribution in [2.75, 3.05) is 11.9 Å². The molecule has 0 unspecified atom stereocenters. The first kappa shape index (κ1) is 18.7. The van der Waals surface area contributed by atoms with Crippen LogP contribution in [0.2, 0.25) is 0 Å². The molecule has 2 aromatic carbocycles. The van der Waals surface area contributed by atoms with Crippen LogP contribution in [0.3, 0.4) is 0 Å². The molecule has 0 bridgehead atoms. The van der Waals surface area contributed by atoms with Crippen LogP contribution in [0, 0.1) is 5.21 Å². The Bertz CT molecular complexity index is 989. The quantitative estimate of drug-likeness (QED) is 0.307. The number of aromatic nitrogens is 1. The highest BCUT2D eigenvalue weighted by molar-refractivity contribution is 5.94. The summed E-state index contributed by atoms with van der Waals surface area (Å²) in [6, 6.07) is 20.3. The summed E-state index contributed by atoms with van der Waals surface area (Å²) in [5.41, 5.74) is 1.68. The van der Waals surface area contributed by atoms with Crippen molar-refractivity contribution in [2.45, 2.75) is 0 Å². The number of hydrogen-bond donors (Lipinski definition) is 1. The maximum Gasteiger partial charge on any atom is 0.405 e. The van der Waals surface area contributed by atoms with Gasteiger partial charge in [0.05, 0.1) is 11.4 Å². The zero-order chi connectivity index (χ0) is 19.8. The van der Waals surface area contributed by atoms with Crippen LogP contribution in [0.25, 0.3) is 0 Å². The fourth-order valence-electron chi connectivity index (χ4n) is 2.21. The molecule has 0 saturated heterocycles. The summed E-state index contributed by atoms with van der Waals surface area (Å²) in [4.78, 5) is 23.7. The van der Waals surface area contributed by atoms with E-state index in [0.29, 0.717) is 16.1 Å². The Balaban J connectivity index is 1.51. The van der Waals surface area contributed by atoms with Crippen LogP contribution in [0.4, 0.5) is 17.1 Å². The number of amides is 1. The molecule has 0 aliphatic rings. The van der Waals surface area contributed by atoms with E-state index in [-0.39, 0.29) is 5.69 Å². The number of nitrogens with one attached hydrogen (secondary N) is 1. The van der Waals surface area contributed by atoms with Crippen LogP contribution in [0.1, 0.15) is 10.5 Å². The molecule has 3 rings (SSSR count). The number of anilines is 1. The van der Waals surface area contributed by atoms with Crippen LogP contribution < -0.4 is 10.0 Å². The number of ether oxygens (including phenoxy) is 1. The summed E-state index contributed by atoms with van der Waals surface area (Å²) < 4.78 is 5.23.